The molecule has 0 bridgehead atoms. The third kappa shape index (κ3) is 3.53. The van der Waals surface area contributed by atoms with Crippen LogP contribution in [-0.4, -0.2) is 18.5 Å². The highest BCUT2D eigenvalue weighted by Crippen LogP contribution is 2.24. The number of hydrogen-bond acceptors (Lipinski definition) is 3. The standard InChI is InChI=1S/C19H20FN3O/c1-2-12-23(16-6-4-3-5-7-16)19(24)18-13-17(21-22-18)14-8-10-15(20)11-9-14/h2-11,17-18,21-22H,1,12-13H2. The van der Waals surface area contributed by atoms with E-state index in [4.69, 9.17) is 0 Å². The lowest BCUT2D eigenvalue weighted by Crippen LogP contribution is -2.45. The van der Waals surface area contributed by atoms with Crippen molar-refractivity contribution in [2.24, 2.45) is 0 Å². The van der Waals surface area contributed by atoms with Crippen LogP contribution in [0.15, 0.2) is 67.3 Å². The van der Waals surface area contributed by atoms with Gasteiger partial charge in [0.15, 0.2) is 0 Å². The predicted molar refractivity (Wildman–Crippen MR) is 92.8 cm³/mol. The number of hydrogen-bond donors (Lipinski definition) is 2. The molecule has 3 rings (SSSR count). The van der Waals surface area contributed by atoms with Crippen molar-refractivity contribution < 1.29 is 9.18 Å². The molecule has 1 aliphatic rings. The third-order valence-electron chi connectivity index (χ3n) is 4.12. The van der Waals surface area contributed by atoms with E-state index >= 15 is 0 Å². The fourth-order valence-electron chi connectivity index (χ4n) is 2.88. The fourth-order valence-corrected chi connectivity index (χ4v) is 2.88. The normalized spacial score (nSPS) is 19.9. The average Bonchev–Trinajstić information content (AvgIpc) is 3.10. The van der Waals surface area contributed by atoms with Gasteiger partial charge >= 0.3 is 0 Å². The fraction of sp³-hybridized carbons (Fsp3) is 0.211. The van der Waals surface area contributed by atoms with Gasteiger partial charge in [-0.05, 0) is 36.2 Å². The lowest BCUT2D eigenvalue weighted by molar-refractivity contribution is -0.120. The van der Waals surface area contributed by atoms with E-state index in [1.54, 1.807) is 23.1 Å². The summed E-state index contributed by atoms with van der Waals surface area (Å²) in [5.74, 6) is -0.281. The van der Waals surface area contributed by atoms with E-state index < -0.39 is 0 Å². The monoisotopic (exact) mass is 325 g/mol. The number of benzene rings is 2. The smallest absolute Gasteiger partial charge is 0.245 e. The average molecular weight is 325 g/mol. The maximum Gasteiger partial charge on any atom is 0.245 e. The second-order valence-electron chi connectivity index (χ2n) is 5.75. The van der Waals surface area contributed by atoms with Crippen molar-refractivity contribution in [1.29, 1.82) is 0 Å². The molecular formula is C19H20FN3O. The summed E-state index contributed by atoms with van der Waals surface area (Å²) in [6.07, 6.45) is 2.32. The third-order valence-corrected chi connectivity index (χ3v) is 4.12. The number of nitrogens with zero attached hydrogens (tertiary/aromatic N) is 1. The second-order valence-corrected chi connectivity index (χ2v) is 5.75. The molecule has 1 aliphatic heterocycles. The maximum atomic E-state index is 13.1. The summed E-state index contributed by atoms with van der Waals surface area (Å²) in [5.41, 5.74) is 7.98. The number of carbonyl (C=O) groups is 1. The van der Waals surface area contributed by atoms with E-state index in [2.05, 4.69) is 17.4 Å². The van der Waals surface area contributed by atoms with Crippen molar-refractivity contribution in [1.82, 2.24) is 10.9 Å². The summed E-state index contributed by atoms with van der Waals surface area (Å²) in [7, 11) is 0. The summed E-state index contributed by atoms with van der Waals surface area (Å²) >= 11 is 0. The molecule has 0 aromatic heterocycles. The van der Waals surface area contributed by atoms with E-state index in [0.29, 0.717) is 13.0 Å². The minimum absolute atomic E-state index is 0.0155. The van der Waals surface area contributed by atoms with E-state index in [-0.39, 0.29) is 23.8 Å². The molecule has 2 aromatic carbocycles. The number of para-hydroxylation sites is 1. The SMILES string of the molecule is C=CCN(C(=O)C1CC(c2ccc(F)cc2)NN1)c1ccccc1. The molecule has 1 fully saturated rings. The summed E-state index contributed by atoms with van der Waals surface area (Å²) < 4.78 is 13.1. The Labute approximate surface area is 141 Å². The first-order valence-corrected chi connectivity index (χ1v) is 7.93. The van der Waals surface area contributed by atoms with Crippen LogP contribution in [0, 0.1) is 5.82 Å². The number of hydrazine groups is 1. The second kappa shape index (κ2) is 7.38. The molecule has 0 spiro atoms. The van der Waals surface area contributed by atoms with E-state index in [0.717, 1.165) is 11.3 Å². The molecule has 2 unspecified atom stereocenters. The van der Waals surface area contributed by atoms with Crippen molar-refractivity contribution in [2.45, 2.75) is 18.5 Å². The Morgan fingerprint density at radius 1 is 1.17 bits per heavy atom. The molecule has 124 valence electrons. The Morgan fingerprint density at radius 3 is 2.54 bits per heavy atom. The van der Waals surface area contributed by atoms with Crippen LogP contribution < -0.4 is 15.8 Å². The summed E-state index contributed by atoms with van der Waals surface area (Å²) in [5, 5.41) is 0. The molecule has 2 aromatic rings. The highest BCUT2D eigenvalue weighted by Gasteiger charge is 2.33. The zero-order valence-electron chi connectivity index (χ0n) is 13.3. The molecular weight excluding hydrogens is 305 g/mol. The number of anilines is 1. The lowest BCUT2D eigenvalue weighted by atomic mass is 10.0. The molecule has 0 aliphatic carbocycles. The van der Waals surface area contributed by atoms with Crippen LogP contribution in [0.3, 0.4) is 0 Å². The van der Waals surface area contributed by atoms with Crippen LogP contribution in [0.1, 0.15) is 18.0 Å². The van der Waals surface area contributed by atoms with Gasteiger partial charge in [-0.25, -0.2) is 15.2 Å². The highest BCUT2D eigenvalue weighted by molar-refractivity contribution is 5.97. The van der Waals surface area contributed by atoms with Crippen LogP contribution >= 0.6 is 0 Å². The van der Waals surface area contributed by atoms with Gasteiger partial charge in [0.05, 0.1) is 0 Å². The maximum absolute atomic E-state index is 13.1. The Bertz CT molecular complexity index is 702. The Hall–Kier alpha value is -2.50. The molecule has 4 nitrogen and oxygen atoms in total. The molecule has 5 heteroatoms. The zero-order chi connectivity index (χ0) is 16.9. The van der Waals surface area contributed by atoms with E-state index in [1.165, 1.54) is 12.1 Å². The molecule has 24 heavy (non-hydrogen) atoms. The predicted octanol–water partition coefficient (Wildman–Crippen LogP) is 2.95. The molecule has 1 saturated heterocycles. The minimum atomic E-state index is -0.347. The number of carbonyl (C=O) groups excluding carboxylic acids is 1. The van der Waals surface area contributed by atoms with Gasteiger partial charge in [0, 0.05) is 18.3 Å². The van der Waals surface area contributed by atoms with Gasteiger partial charge < -0.3 is 4.90 Å². The highest BCUT2D eigenvalue weighted by atomic mass is 19.1. The number of rotatable bonds is 5. The lowest BCUT2D eigenvalue weighted by Gasteiger charge is -2.24. The first-order chi connectivity index (χ1) is 11.7. The van der Waals surface area contributed by atoms with Crippen LogP contribution in [0.2, 0.25) is 0 Å². The van der Waals surface area contributed by atoms with Crippen LogP contribution in [0.4, 0.5) is 10.1 Å². The van der Waals surface area contributed by atoms with E-state index in [9.17, 15) is 9.18 Å². The van der Waals surface area contributed by atoms with E-state index in [1.807, 2.05) is 30.3 Å². The number of nitrogens with one attached hydrogen (secondary N) is 2. The van der Waals surface area contributed by atoms with Crippen LogP contribution in [-0.2, 0) is 4.79 Å². The zero-order valence-corrected chi connectivity index (χ0v) is 13.3. The van der Waals surface area contributed by atoms with Crippen molar-refractivity contribution in [3.8, 4) is 0 Å². The Balaban J connectivity index is 1.72. The van der Waals surface area contributed by atoms with Crippen molar-refractivity contribution in [2.75, 3.05) is 11.4 Å². The van der Waals surface area contributed by atoms with Gasteiger partial charge in [-0.3, -0.25) is 4.79 Å². The van der Waals surface area contributed by atoms with Crippen molar-refractivity contribution in [3.05, 3.63) is 78.6 Å². The number of halogens is 1. The van der Waals surface area contributed by atoms with Crippen LogP contribution in [0.5, 0.6) is 0 Å². The topological polar surface area (TPSA) is 44.4 Å². The largest absolute Gasteiger partial charge is 0.307 e. The molecule has 0 radical (unpaired) electrons. The Morgan fingerprint density at radius 2 is 1.88 bits per heavy atom. The summed E-state index contributed by atoms with van der Waals surface area (Å²) in [6, 6.07) is 15.5. The first kappa shape index (κ1) is 16.4. The molecule has 2 atom stereocenters. The van der Waals surface area contributed by atoms with Crippen molar-refractivity contribution >= 4 is 11.6 Å². The molecule has 2 N–H and O–H groups in total. The summed E-state index contributed by atoms with van der Waals surface area (Å²) in [6.45, 7) is 4.19. The molecule has 1 heterocycles. The Kier molecular flexibility index (Phi) is 5.03. The first-order valence-electron chi connectivity index (χ1n) is 7.93. The minimum Gasteiger partial charge on any atom is -0.307 e. The van der Waals surface area contributed by atoms with Gasteiger partial charge in [0.1, 0.15) is 11.9 Å². The van der Waals surface area contributed by atoms with Gasteiger partial charge in [-0.1, -0.05) is 36.4 Å². The molecule has 1 amide bonds. The summed E-state index contributed by atoms with van der Waals surface area (Å²) in [4.78, 5) is 14.6. The quantitative estimate of drug-likeness (QED) is 0.831. The number of amides is 1. The van der Waals surface area contributed by atoms with Crippen LogP contribution in [0.25, 0.3) is 0 Å². The van der Waals surface area contributed by atoms with Gasteiger partial charge in [0.2, 0.25) is 5.91 Å². The van der Waals surface area contributed by atoms with Gasteiger partial charge in [-0.2, -0.15) is 0 Å². The van der Waals surface area contributed by atoms with Gasteiger partial charge in [0.25, 0.3) is 0 Å². The van der Waals surface area contributed by atoms with Crippen molar-refractivity contribution in [3.63, 3.8) is 0 Å². The molecule has 0 saturated carbocycles. The van der Waals surface area contributed by atoms with Gasteiger partial charge in [-0.15, -0.1) is 6.58 Å².